The molecular formula is C23H18ClN3O. The normalized spacial score (nSPS) is 10.6. The summed E-state index contributed by atoms with van der Waals surface area (Å²) >= 11 is 6.02. The van der Waals surface area contributed by atoms with Gasteiger partial charge in [-0.05, 0) is 29.8 Å². The maximum Gasteiger partial charge on any atom is 0.255 e. The van der Waals surface area contributed by atoms with Crippen molar-refractivity contribution in [2.45, 2.75) is 6.54 Å². The molecule has 0 spiro atoms. The first kappa shape index (κ1) is 18.0. The fourth-order valence-corrected chi connectivity index (χ4v) is 3.07. The Hall–Kier alpha value is -3.37. The first-order chi connectivity index (χ1) is 13.7. The van der Waals surface area contributed by atoms with Gasteiger partial charge in [-0.1, -0.05) is 72.3 Å². The highest BCUT2D eigenvalue weighted by Gasteiger charge is 2.18. The number of aromatic nitrogens is 2. The Balaban J connectivity index is 1.68. The average Bonchev–Trinajstić information content (AvgIpc) is 3.19. The van der Waals surface area contributed by atoms with Crippen LogP contribution in [0.4, 0.5) is 0 Å². The summed E-state index contributed by atoms with van der Waals surface area (Å²) in [4.78, 5) is 12.9. The zero-order valence-corrected chi connectivity index (χ0v) is 15.8. The van der Waals surface area contributed by atoms with Gasteiger partial charge in [0.1, 0.15) is 5.69 Å². The van der Waals surface area contributed by atoms with E-state index < -0.39 is 0 Å². The fraction of sp³-hybridized carbons (Fsp3) is 0.0435. The maximum absolute atomic E-state index is 12.9. The number of amides is 1. The third kappa shape index (κ3) is 3.97. The summed E-state index contributed by atoms with van der Waals surface area (Å²) in [6.45, 7) is 0.455. The topological polar surface area (TPSA) is 46.9 Å². The van der Waals surface area contributed by atoms with Crippen LogP contribution in [0.5, 0.6) is 0 Å². The van der Waals surface area contributed by atoms with E-state index in [1.165, 1.54) is 0 Å². The molecule has 3 aromatic carbocycles. The van der Waals surface area contributed by atoms with Crippen molar-refractivity contribution in [2.24, 2.45) is 0 Å². The van der Waals surface area contributed by atoms with Crippen LogP contribution in [0.15, 0.2) is 91.1 Å². The van der Waals surface area contributed by atoms with Crippen LogP contribution in [-0.2, 0) is 6.54 Å². The lowest BCUT2D eigenvalue weighted by Crippen LogP contribution is -2.23. The Bertz CT molecular complexity index is 1070. The Morgan fingerprint density at radius 1 is 0.893 bits per heavy atom. The highest BCUT2D eigenvalue weighted by molar-refractivity contribution is 6.30. The Morgan fingerprint density at radius 3 is 2.21 bits per heavy atom. The monoisotopic (exact) mass is 387 g/mol. The van der Waals surface area contributed by atoms with E-state index in [1.54, 1.807) is 23.0 Å². The number of nitrogens with zero attached hydrogens (tertiary/aromatic N) is 2. The van der Waals surface area contributed by atoms with Crippen molar-refractivity contribution in [1.82, 2.24) is 15.1 Å². The molecule has 0 atom stereocenters. The molecule has 0 aliphatic carbocycles. The van der Waals surface area contributed by atoms with E-state index in [0.717, 1.165) is 16.8 Å². The summed E-state index contributed by atoms with van der Waals surface area (Å²) in [5, 5.41) is 8.29. The highest BCUT2D eigenvalue weighted by atomic mass is 35.5. The third-order valence-electron chi connectivity index (χ3n) is 4.39. The molecule has 0 aliphatic heterocycles. The molecule has 0 saturated carbocycles. The molecule has 0 saturated heterocycles. The Morgan fingerprint density at radius 2 is 1.54 bits per heavy atom. The molecule has 0 radical (unpaired) electrons. The molecule has 4 aromatic rings. The van der Waals surface area contributed by atoms with Crippen LogP contribution in [0.1, 0.15) is 15.9 Å². The molecule has 0 aliphatic rings. The van der Waals surface area contributed by atoms with E-state index in [9.17, 15) is 4.79 Å². The number of para-hydroxylation sites is 1. The quantitative estimate of drug-likeness (QED) is 0.516. The lowest BCUT2D eigenvalue weighted by molar-refractivity contribution is 0.0951. The van der Waals surface area contributed by atoms with E-state index in [1.807, 2.05) is 72.8 Å². The van der Waals surface area contributed by atoms with E-state index in [2.05, 4.69) is 10.4 Å². The largest absolute Gasteiger partial charge is 0.348 e. The minimum Gasteiger partial charge on any atom is -0.348 e. The molecule has 0 fully saturated rings. The van der Waals surface area contributed by atoms with Gasteiger partial charge < -0.3 is 5.32 Å². The second-order valence-corrected chi connectivity index (χ2v) is 6.78. The number of benzene rings is 3. The summed E-state index contributed by atoms with van der Waals surface area (Å²) in [5.41, 5.74) is 3.90. The summed E-state index contributed by atoms with van der Waals surface area (Å²) in [6, 6.07) is 26.9. The van der Waals surface area contributed by atoms with Gasteiger partial charge in [0.05, 0.1) is 11.3 Å². The van der Waals surface area contributed by atoms with Crippen LogP contribution in [0, 0.1) is 0 Å². The molecule has 1 N–H and O–H groups in total. The fourth-order valence-electron chi connectivity index (χ4n) is 2.95. The lowest BCUT2D eigenvalue weighted by Gasteiger charge is -2.06. The van der Waals surface area contributed by atoms with Crippen LogP contribution in [0.2, 0.25) is 5.02 Å². The van der Waals surface area contributed by atoms with Crippen molar-refractivity contribution >= 4 is 17.5 Å². The number of hydrogen-bond donors (Lipinski definition) is 1. The molecule has 1 aromatic heterocycles. The number of carbonyl (C=O) groups is 1. The third-order valence-corrected chi connectivity index (χ3v) is 4.65. The van der Waals surface area contributed by atoms with E-state index >= 15 is 0 Å². The van der Waals surface area contributed by atoms with Crippen LogP contribution < -0.4 is 5.32 Å². The zero-order valence-electron chi connectivity index (χ0n) is 15.0. The van der Waals surface area contributed by atoms with Crippen molar-refractivity contribution in [1.29, 1.82) is 0 Å². The summed E-state index contributed by atoms with van der Waals surface area (Å²) in [5.74, 6) is -0.170. The molecule has 4 nitrogen and oxygen atoms in total. The highest BCUT2D eigenvalue weighted by Crippen LogP contribution is 2.25. The number of halogens is 1. The van der Waals surface area contributed by atoms with Crippen LogP contribution in [0.3, 0.4) is 0 Å². The average molecular weight is 388 g/mol. The van der Waals surface area contributed by atoms with Gasteiger partial charge in [-0.3, -0.25) is 4.79 Å². The van der Waals surface area contributed by atoms with Crippen molar-refractivity contribution < 1.29 is 4.79 Å². The summed E-state index contributed by atoms with van der Waals surface area (Å²) in [6.07, 6.45) is 1.76. The molecule has 1 heterocycles. The minimum atomic E-state index is -0.170. The standard InChI is InChI=1S/C23H18ClN3O/c24-19-13-11-18(12-14-19)22-21(16-27(26-22)20-9-5-2-6-10-20)23(28)25-15-17-7-3-1-4-8-17/h1-14,16H,15H2,(H,25,28). The van der Waals surface area contributed by atoms with E-state index in [4.69, 9.17) is 11.6 Å². The predicted molar refractivity (Wildman–Crippen MR) is 112 cm³/mol. The summed E-state index contributed by atoms with van der Waals surface area (Å²) in [7, 11) is 0. The van der Waals surface area contributed by atoms with Crippen LogP contribution >= 0.6 is 11.6 Å². The number of carbonyl (C=O) groups excluding carboxylic acids is 1. The van der Waals surface area contributed by atoms with Crippen molar-refractivity contribution in [3.63, 3.8) is 0 Å². The molecule has 138 valence electrons. The van der Waals surface area contributed by atoms with Crippen molar-refractivity contribution in [3.05, 3.63) is 107 Å². The number of hydrogen-bond acceptors (Lipinski definition) is 2. The molecule has 1 amide bonds. The van der Waals surface area contributed by atoms with Gasteiger partial charge in [0.2, 0.25) is 0 Å². The molecule has 0 bridgehead atoms. The van der Waals surface area contributed by atoms with Gasteiger partial charge in [0.25, 0.3) is 5.91 Å². The Labute approximate surface area is 168 Å². The first-order valence-electron chi connectivity index (χ1n) is 8.94. The van der Waals surface area contributed by atoms with E-state index in [-0.39, 0.29) is 5.91 Å². The van der Waals surface area contributed by atoms with Crippen molar-refractivity contribution in [3.8, 4) is 16.9 Å². The number of rotatable bonds is 5. The van der Waals surface area contributed by atoms with Crippen LogP contribution in [0.25, 0.3) is 16.9 Å². The van der Waals surface area contributed by atoms with Gasteiger partial charge in [-0.25, -0.2) is 4.68 Å². The molecular weight excluding hydrogens is 370 g/mol. The van der Waals surface area contributed by atoms with Gasteiger partial charge in [0.15, 0.2) is 0 Å². The second kappa shape index (κ2) is 8.11. The van der Waals surface area contributed by atoms with Crippen LogP contribution in [-0.4, -0.2) is 15.7 Å². The predicted octanol–water partition coefficient (Wildman–Crippen LogP) is 5.12. The summed E-state index contributed by atoms with van der Waals surface area (Å²) < 4.78 is 1.72. The minimum absolute atomic E-state index is 0.170. The zero-order chi connectivity index (χ0) is 19.3. The van der Waals surface area contributed by atoms with E-state index in [0.29, 0.717) is 22.8 Å². The lowest BCUT2D eigenvalue weighted by atomic mass is 10.1. The van der Waals surface area contributed by atoms with Gasteiger partial charge >= 0.3 is 0 Å². The Kier molecular flexibility index (Phi) is 5.22. The smallest absolute Gasteiger partial charge is 0.255 e. The second-order valence-electron chi connectivity index (χ2n) is 6.35. The number of nitrogens with one attached hydrogen (secondary N) is 1. The molecule has 4 rings (SSSR count). The first-order valence-corrected chi connectivity index (χ1v) is 9.31. The van der Waals surface area contributed by atoms with Gasteiger partial charge in [-0.15, -0.1) is 0 Å². The molecule has 28 heavy (non-hydrogen) atoms. The SMILES string of the molecule is O=C(NCc1ccccc1)c1cn(-c2ccccc2)nc1-c1ccc(Cl)cc1. The van der Waals surface area contributed by atoms with Gasteiger partial charge in [0, 0.05) is 23.3 Å². The molecule has 5 heteroatoms. The van der Waals surface area contributed by atoms with Gasteiger partial charge in [-0.2, -0.15) is 5.10 Å². The molecule has 0 unspecified atom stereocenters. The maximum atomic E-state index is 12.9. The van der Waals surface area contributed by atoms with Crippen molar-refractivity contribution in [2.75, 3.05) is 0 Å².